The van der Waals surface area contributed by atoms with E-state index in [9.17, 15) is 8.42 Å². The Morgan fingerprint density at radius 3 is 2.42 bits per heavy atom. The van der Waals surface area contributed by atoms with Crippen molar-refractivity contribution in [3.63, 3.8) is 0 Å². The zero-order chi connectivity index (χ0) is 19.5. The van der Waals surface area contributed by atoms with Crippen molar-refractivity contribution in [3.05, 3.63) is 4.73 Å². The number of rotatable bonds is 8. The van der Waals surface area contributed by atoms with Gasteiger partial charge in [-0.05, 0) is 48.9 Å². The fourth-order valence-electron chi connectivity index (χ4n) is 2.82. The molecule has 8 nitrogen and oxygen atoms in total. The normalized spacial score (nSPS) is 18.0. The van der Waals surface area contributed by atoms with Crippen LogP contribution in [0.25, 0.3) is 0 Å². The van der Waals surface area contributed by atoms with Crippen molar-refractivity contribution in [1.82, 2.24) is 24.0 Å². The summed E-state index contributed by atoms with van der Waals surface area (Å²) in [7, 11) is -0.821. The third-order valence-corrected chi connectivity index (χ3v) is 8.39. The van der Waals surface area contributed by atoms with Gasteiger partial charge in [-0.25, -0.2) is 13.1 Å². The Labute approximate surface area is 166 Å². The Hall–Kier alpha value is -0.333. The van der Waals surface area contributed by atoms with Gasteiger partial charge in [0.05, 0.1) is 0 Å². The van der Waals surface area contributed by atoms with E-state index in [1.165, 1.54) is 8.99 Å². The zero-order valence-electron chi connectivity index (χ0n) is 16.3. The lowest BCUT2D eigenvalue weighted by molar-refractivity contribution is 0.0708. The van der Waals surface area contributed by atoms with Crippen LogP contribution in [0.1, 0.15) is 12.8 Å². The third kappa shape index (κ3) is 5.83. The lowest BCUT2D eigenvalue weighted by atomic mass is 10.1. The van der Waals surface area contributed by atoms with Crippen molar-refractivity contribution >= 4 is 34.0 Å². The van der Waals surface area contributed by atoms with Crippen molar-refractivity contribution < 1.29 is 13.2 Å². The van der Waals surface area contributed by atoms with Gasteiger partial charge in [0, 0.05) is 33.8 Å². The molecule has 0 amide bonds. The molecular weight excluding hydrogens is 438 g/mol. The molecule has 0 spiro atoms. The topological polar surface area (TPSA) is 80.6 Å². The molecular formula is C15H30BrN5O3SSi. The van der Waals surface area contributed by atoms with Gasteiger partial charge < -0.3 is 9.64 Å². The molecule has 1 aromatic rings. The summed E-state index contributed by atoms with van der Waals surface area (Å²) < 4.78 is 34.8. The van der Waals surface area contributed by atoms with Crippen LogP contribution in [0.5, 0.6) is 0 Å². The van der Waals surface area contributed by atoms with Gasteiger partial charge in [0.25, 0.3) is 15.2 Å². The van der Waals surface area contributed by atoms with Crippen LogP contribution in [-0.4, -0.2) is 80.3 Å². The van der Waals surface area contributed by atoms with E-state index in [-0.39, 0.29) is 16.6 Å². The molecule has 1 saturated heterocycles. The highest BCUT2D eigenvalue weighted by Crippen LogP contribution is 2.22. The summed E-state index contributed by atoms with van der Waals surface area (Å²) in [6, 6.07) is 1.43. The van der Waals surface area contributed by atoms with E-state index in [2.05, 4.69) is 50.6 Å². The highest BCUT2D eigenvalue weighted by molar-refractivity contribution is 9.10. The summed E-state index contributed by atoms with van der Waals surface area (Å²) in [5.74, 6) is 0. The molecule has 0 N–H and O–H groups in total. The molecule has 0 unspecified atom stereocenters. The highest BCUT2D eigenvalue weighted by Gasteiger charge is 2.34. The second kappa shape index (κ2) is 8.78. The Kier molecular flexibility index (Phi) is 7.42. The number of aromatic nitrogens is 3. The van der Waals surface area contributed by atoms with Gasteiger partial charge in [0.1, 0.15) is 6.73 Å². The zero-order valence-corrected chi connectivity index (χ0v) is 19.7. The number of halogens is 1. The first kappa shape index (κ1) is 22.0. The van der Waals surface area contributed by atoms with Crippen LogP contribution in [0.15, 0.2) is 9.89 Å². The molecule has 26 heavy (non-hydrogen) atoms. The van der Waals surface area contributed by atoms with E-state index >= 15 is 0 Å². The lowest BCUT2D eigenvalue weighted by Gasteiger charge is -2.34. The van der Waals surface area contributed by atoms with Gasteiger partial charge >= 0.3 is 0 Å². The number of ether oxygens (including phenoxy) is 1. The lowest BCUT2D eigenvalue weighted by Crippen LogP contribution is -2.45. The Balaban J connectivity index is 2.05. The molecule has 0 saturated carbocycles. The highest BCUT2D eigenvalue weighted by atomic mass is 79.9. The van der Waals surface area contributed by atoms with Crippen LogP contribution in [0.2, 0.25) is 25.7 Å². The molecule has 1 aliphatic heterocycles. The summed E-state index contributed by atoms with van der Waals surface area (Å²) in [6.45, 7) is 8.49. The summed E-state index contributed by atoms with van der Waals surface area (Å²) in [5, 5.41) is 4.09. The van der Waals surface area contributed by atoms with Gasteiger partial charge in [-0.2, -0.15) is 9.29 Å². The molecule has 1 aromatic heterocycles. The van der Waals surface area contributed by atoms with Gasteiger partial charge in [-0.3, -0.25) is 0 Å². The van der Waals surface area contributed by atoms with Crippen LogP contribution in [0.3, 0.4) is 0 Å². The minimum atomic E-state index is -3.68. The van der Waals surface area contributed by atoms with Crippen molar-refractivity contribution in [3.8, 4) is 0 Å². The number of nitrogens with zero attached hydrogens (tertiary/aromatic N) is 5. The maximum Gasteiger partial charge on any atom is 0.278 e. The van der Waals surface area contributed by atoms with E-state index < -0.39 is 18.1 Å². The smallest absolute Gasteiger partial charge is 0.278 e. The molecule has 0 bridgehead atoms. The summed E-state index contributed by atoms with van der Waals surface area (Å²) >= 11 is 3.19. The van der Waals surface area contributed by atoms with Gasteiger partial charge in [-0.15, -0.1) is 5.10 Å². The minimum Gasteiger partial charge on any atom is -0.359 e. The maximum atomic E-state index is 13.0. The van der Waals surface area contributed by atoms with Crippen LogP contribution in [-0.2, 0) is 21.5 Å². The second-order valence-corrected chi connectivity index (χ2v) is 16.3. The fourth-order valence-corrected chi connectivity index (χ4v) is 5.54. The predicted molar refractivity (Wildman–Crippen MR) is 107 cm³/mol. The van der Waals surface area contributed by atoms with Gasteiger partial charge in [-0.1, -0.05) is 19.6 Å². The van der Waals surface area contributed by atoms with Gasteiger partial charge in [0.2, 0.25) is 4.73 Å². The maximum absolute atomic E-state index is 13.0. The average Bonchev–Trinajstić information content (AvgIpc) is 2.92. The molecule has 0 aliphatic carbocycles. The molecule has 1 aliphatic rings. The molecule has 1 fully saturated rings. The van der Waals surface area contributed by atoms with Crippen molar-refractivity contribution in [2.24, 2.45) is 0 Å². The molecule has 0 atom stereocenters. The Morgan fingerprint density at radius 2 is 1.88 bits per heavy atom. The third-order valence-electron chi connectivity index (χ3n) is 4.55. The SMILES string of the molecule is CN(C)C1CCN(S(=O)(=O)c2nc(Br)nn2COCC[Si](C)(C)C)CC1. The predicted octanol–water partition coefficient (Wildman–Crippen LogP) is 2.07. The van der Waals surface area contributed by atoms with E-state index in [1.54, 1.807) is 0 Å². The molecule has 0 radical (unpaired) electrons. The Morgan fingerprint density at radius 1 is 1.27 bits per heavy atom. The quantitative estimate of drug-likeness (QED) is 0.429. The number of hydrogen-bond acceptors (Lipinski definition) is 6. The summed E-state index contributed by atoms with van der Waals surface area (Å²) in [4.78, 5) is 6.24. The fraction of sp³-hybridized carbons (Fsp3) is 0.867. The summed E-state index contributed by atoms with van der Waals surface area (Å²) in [6.07, 6.45) is 1.63. The van der Waals surface area contributed by atoms with Crippen LogP contribution in [0, 0.1) is 0 Å². The Bertz CT molecular complexity index is 697. The first-order valence-corrected chi connectivity index (χ1v) is 14.8. The first-order chi connectivity index (χ1) is 12.0. The van der Waals surface area contributed by atoms with Crippen LogP contribution < -0.4 is 0 Å². The van der Waals surface area contributed by atoms with Crippen LogP contribution >= 0.6 is 15.9 Å². The number of hydrogen-bond donors (Lipinski definition) is 0. The number of piperidine rings is 1. The van der Waals surface area contributed by atoms with E-state index in [0.29, 0.717) is 25.7 Å². The standard InChI is InChI=1S/C15H30BrN5O3SSi/c1-19(2)13-6-8-20(9-7-13)25(22,23)15-17-14(16)18-21(15)12-24-10-11-26(3,4)5/h13H,6-12H2,1-5H3. The monoisotopic (exact) mass is 467 g/mol. The van der Waals surface area contributed by atoms with Gasteiger partial charge in [0.15, 0.2) is 0 Å². The van der Waals surface area contributed by atoms with Crippen molar-refractivity contribution in [1.29, 1.82) is 0 Å². The second-order valence-electron chi connectivity index (χ2n) is 8.11. The minimum absolute atomic E-state index is 0.0549. The summed E-state index contributed by atoms with van der Waals surface area (Å²) in [5.41, 5.74) is 0. The average molecular weight is 468 g/mol. The van der Waals surface area contributed by atoms with E-state index in [1.807, 2.05) is 14.1 Å². The molecule has 2 rings (SSSR count). The van der Waals surface area contributed by atoms with Crippen molar-refractivity contribution in [2.45, 2.75) is 56.5 Å². The largest absolute Gasteiger partial charge is 0.359 e. The van der Waals surface area contributed by atoms with E-state index in [4.69, 9.17) is 4.74 Å². The van der Waals surface area contributed by atoms with Crippen LogP contribution in [0.4, 0.5) is 0 Å². The molecule has 2 heterocycles. The van der Waals surface area contributed by atoms with E-state index in [0.717, 1.165) is 18.9 Å². The number of sulfonamides is 1. The molecule has 11 heteroatoms. The first-order valence-electron chi connectivity index (χ1n) is 8.85. The molecule has 0 aromatic carbocycles. The molecule has 150 valence electrons. The van der Waals surface area contributed by atoms with Crippen molar-refractivity contribution in [2.75, 3.05) is 33.8 Å².